The van der Waals surface area contributed by atoms with Gasteiger partial charge in [-0.25, -0.2) is 0 Å². The molecule has 0 spiro atoms. The van der Waals surface area contributed by atoms with Gasteiger partial charge in [-0.15, -0.1) is 0 Å². The topological polar surface area (TPSA) is 52.6 Å². The first-order valence-electron chi connectivity index (χ1n) is 6.23. The molecule has 0 radical (unpaired) electrons. The molecule has 0 aliphatic carbocycles. The quantitative estimate of drug-likeness (QED) is 0.705. The molecule has 1 rings (SSSR count). The van der Waals surface area contributed by atoms with Gasteiger partial charge in [0.25, 0.3) is 0 Å². The number of hydrogen-bond donors (Lipinski definition) is 2. The molecule has 0 saturated carbocycles. The number of amides is 1. The maximum atomic E-state index is 12.0. The summed E-state index contributed by atoms with van der Waals surface area (Å²) < 4.78 is 0. The van der Waals surface area contributed by atoms with E-state index in [0.717, 1.165) is 25.8 Å². The molecular formula is C12H24N2O2. The van der Waals surface area contributed by atoms with Gasteiger partial charge in [0.2, 0.25) is 5.91 Å². The molecule has 4 nitrogen and oxygen atoms in total. The summed E-state index contributed by atoms with van der Waals surface area (Å²) in [5, 5.41) is 12.1. The van der Waals surface area contributed by atoms with E-state index in [1.165, 1.54) is 0 Å². The number of rotatable bonds is 6. The standard InChI is InChI=1S/C12H24N2O2/c1-9(2)13-11-6-7-14(12(11)16)10(3)5-4-8-15/h9-11,13,15H,4-8H2,1-3H3. The number of aliphatic hydroxyl groups excluding tert-OH is 1. The van der Waals surface area contributed by atoms with E-state index in [1.54, 1.807) is 0 Å². The summed E-state index contributed by atoms with van der Waals surface area (Å²) in [6.07, 6.45) is 2.56. The summed E-state index contributed by atoms with van der Waals surface area (Å²) in [5.74, 6) is 0.221. The van der Waals surface area contributed by atoms with E-state index >= 15 is 0 Å². The van der Waals surface area contributed by atoms with Crippen LogP contribution in [0.2, 0.25) is 0 Å². The van der Waals surface area contributed by atoms with Gasteiger partial charge in [-0.1, -0.05) is 13.8 Å². The predicted octanol–water partition coefficient (Wildman–Crippen LogP) is 0.746. The molecule has 4 heteroatoms. The number of carbonyl (C=O) groups excluding carboxylic acids is 1. The van der Waals surface area contributed by atoms with Crippen LogP contribution in [0.4, 0.5) is 0 Å². The third-order valence-corrected chi connectivity index (χ3v) is 3.09. The maximum Gasteiger partial charge on any atom is 0.240 e. The van der Waals surface area contributed by atoms with Gasteiger partial charge in [0.1, 0.15) is 0 Å². The minimum absolute atomic E-state index is 0.00317. The number of hydrogen-bond acceptors (Lipinski definition) is 3. The summed E-state index contributed by atoms with van der Waals surface area (Å²) in [6, 6.07) is 0.594. The fourth-order valence-electron chi connectivity index (χ4n) is 2.24. The largest absolute Gasteiger partial charge is 0.396 e. The minimum atomic E-state index is -0.00317. The van der Waals surface area contributed by atoms with Crippen LogP contribution in [-0.2, 0) is 4.79 Å². The van der Waals surface area contributed by atoms with Gasteiger partial charge in [0.15, 0.2) is 0 Å². The Kier molecular flexibility index (Phi) is 5.22. The SMILES string of the molecule is CC(C)NC1CCN(C(C)CCCO)C1=O. The molecule has 1 fully saturated rings. The summed E-state index contributed by atoms with van der Waals surface area (Å²) in [4.78, 5) is 14.0. The monoisotopic (exact) mass is 228 g/mol. The van der Waals surface area contributed by atoms with Gasteiger partial charge in [0, 0.05) is 25.2 Å². The molecule has 1 saturated heterocycles. The first-order chi connectivity index (χ1) is 7.56. The molecule has 1 amide bonds. The summed E-state index contributed by atoms with van der Waals surface area (Å²) in [7, 11) is 0. The van der Waals surface area contributed by atoms with Crippen LogP contribution in [0.3, 0.4) is 0 Å². The smallest absolute Gasteiger partial charge is 0.240 e. The van der Waals surface area contributed by atoms with Crippen LogP contribution in [0.25, 0.3) is 0 Å². The lowest BCUT2D eigenvalue weighted by atomic mass is 10.1. The van der Waals surface area contributed by atoms with E-state index in [0.29, 0.717) is 6.04 Å². The fraction of sp³-hybridized carbons (Fsp3) is 0.917. The second-order valence-electron chi connectivity index (χ2n) is 4.91. The minimum Gasteiger partial charge on any atom is -0.396 e. The van der Waals surface area contributed by atoms with Crippen LogP contribution >= 0.6 is 0 Å². The van der Waals surface area contributed by atoms with E-state index in [9.17, 15) is 4.79 Å². The van der Waals surface area contributed by atoms with Crippen molar-refractivity contribution in [3.05, 3.63) is 0 Å². The third-order valence-electron chi connectivity index (χ3n) is 3.09. The van der Waals surface area contributed by atoms with Crippen molar-refractivity contribution >= 4 is 5.91 Å². The molecular weight excluding hydrogens is 204 g/mol. The molecule has 2 unspecified atom stereocenters. The van der Waals surface area contributed by atoms with Crippen molar-refractivity contribution in [1.82, 2.24) is 10.2 Å². The zero-order valence-electron chi connectivity index (χ0n) is 10.6. The highest BCUT2D eigenvalue weighted by atomic mass is 16.3. The molecule has 0 aromatic rings. The van der Waals surface area contributed by atoms with Crippen LogP contribution in [0.1, 0.15) is 40.0 Å². The molecule has 2 atom stereocenters. The molecule has 0 aromatic carbocycles. The van der Waals surface area contributed by atoms with Crippen molar-refractivity contribution in [1.29, 1.82) is 0 Å². The molecule has 1 heterocycles. The van der Waals surface area contributed by atoms with Gasteiger partial charge < -0.3 is 15.3 Å². The lowest BCUT2D eigenvalue weighted by molar-refractivity contribution is -0.131. The first kappa shape index (κ1) is 13.5. The predicted molar refractivity (Wildman–Crippen MR) is 64.2 cm³/mol. The van der Waals surface area contributed by atoms with E-state index in [2.05, 4.69) is 26.1 Å². The van der Waals surface area contributed by atoms with Gasteiger partial charge in [-0.3, -0.25) is 4.79 Å². The number of aliphatic hydroxyl groups is 1. The average Bonchev–Trinajstić information content (AvgIpc) is 2.56. The Morgan fingerprint density at radius 1 is 1.50 bits per heavy atom. The van der Waals surface area contributed by atoms with Gasteiger partial charge in [0.05, 0.1) is 6.04 Å². The van der Waals surface area contributed by atoms with Crippen molar-refractivity contribution in [2.75, 3.05) is 13.2 Å². The Balaban J connectivity index is 2.43. The van der Waals surface area contributed by atoms with Crippen LogP contribution in [-0.4, -0.2) is 47.2 Å². The summed E-state index contributed by atoms with van der Waals surface area (Å²) >= 11 is 0. The normalized spacial score (nSPS) is 23.2. The number of nitrogens with one attached hydrogen (secondary N) is 1. The van der Waals surface area contributed by atoms with Crippen molar-refractivity contribution in [3.8, 4) is 0 Å². The van der Waals surface area contributed by atoms with Gasteiger partial charge >= 0.3 is 0 Å². The first-order valence-corrected chi connectivity index (χ1v) is 6.23. The van der Waals surface area contributed by atoms with Gasteiger partial charge in [-0.2, -0.15) is 0 Å². The average molecular weight is 228 g/mol. The number of carbonyl (C=O) groups is 1. The molecule has 16 heavy (non-hydrogen) atoms. The molecule has 94 valence electrons. The lowest BCUT2D eigenvalue weighted by Gasteiger charge is -2.25. The van der Waals surface area contributed by atoms with Crippen LogP contribution in [0.5, 0.6) is 0 Å². The highest BCUT2D eigenvalue weighted by molar-refractivity contribution is 5.84. The van der Waals surface area contributed by atoms with Crippen LogP contribution in [0.15, 0.2) is 0 Å². The van der Waals surface area contributed by atoms with Crippen molar-refractivity contribution in [3.63, 3.8) is 0 Å². The second kappa shape index (κ2) is 6.21. The van der Waals surface area contributed by atoms with Crippen LogP contribution in [0, 0.1) is 0 Å². The third kappa shape index (κ3) is 3.46. The Bertz CT molecular complexity index is 231. The molecule has 0 aromatic heterocycles. The Morgan fingerprint density at radius 3 is 2.75 bits per heavy atom. The second-order valence-corrected chi connectivity index (χ2v) is 4.91. The Morgan fingerprint density at radius 2 is 2.19 bits per heavy atom. The zero-order valence-corrected chi connectivity index (χ0v) is 10.6. The number of likely N-dealkylation sites (tertiary alicyclic amines) is 1. The maximum absolute atomic E-state index is 12.0. The highest BCUT2D eigenvalue weighted by Gasteiger charge is 2.33. The van der Waals surface area contributed by atoms with E-state index in [4.69, 9.17) is 5.11 Å². The van der Waals surface area contributed by atoms with Crippen LogP contribution < -0.4 is 5.32 Å². The van der Waals surface area contributed by atoms with E-state index in [1.807, 2.05) is 4.90 Å². The molecule has 1 aliphatic rings. The Hall–Kier alpha value is -0.610. The number of nitrogens with zero attached hydrogens (tertiary/aromatic N) is 1. The van der Waals surface area contributed by atoms with E-state index < -0.39 is 0 Å². The van der Waals surface area contributed by atoms with E-state index in [-0.39, 0.29) is 24.6 Å². The zero-order chi connectivity index (χ0) is 12.1. The molecule has 1 aliphatic heterocycles. The highest BCUT2D eigenvalue weighted by Crippen LogP contribution is 2.17. The molecule has 2 N–H and O–H groups in total. The van der Waals surface area contributed by atoms with Crippen molar-refractivity contribution in [2.24, 2.45) is 0 Å². The van der Waals surface area contributed by atoms with Crippen molar-refractivity contribution < 1.29 is 9.90 Å². The van der Waals surface area contributed by atoms with Gasteiger partial charge in [-0.05, 0) is 26.2 Å². The summed E-state index contributed by atoms with van der Waals surface area (Å²) in [5.41, 5.74) is 0. The summed E-state index contributed by atoms with van der Waals surface area (Å²) in [6.45, 7) is 7.23. The van der Waals surface area contributed by atoms with Crippen molar-refractivity contribution in [2.45, 2.75) is 58.2 Å². The Labute approximate surface area is 98.0 Å². The lowest BCUT2D eigenvalue weighted by Crippen LogP contribution is -2.44. The fourth-order valence-corrected chi connectivity index (χ4v) is 2.24. The molecule has 0 bridgehead atoms.